The molecular formula is C10H17N3S. The zero-order chi connectivity index (χ0) is 10.0. The molecule has 4 heteroatoms. The Hall–Kier alpha value is -0.480. The Balaban J connectivity index is 1.76. The highest BCUT2D eigenvalue weighted by molar-refractivity contribution is 8.00. The van der Waals surface area contributed by atoms with Gasteiger partial charge in [-0.15, -0.1) is 0 Å². The first-order valence-electron chi connectivity index (χ1n) is 4.97. The highest BCUT2D eigenvalue weighted by atomic mass is 32.2. The number of nitrogens with zero attached hydrogens (tertiary/aromatic N) is 2. The highest BCUT2D eigenvalue weighted by Gasteiger charge is 2.41. The topological polar surface area (TPSA) is 29.9 Å². The fraction of sp³-hybridized carbons (Fsp3) is 0.700. The van der Waals surface area contributed by atoms with Gasteiger partial charge in [-0.05, 0) is 19.1 Å². The summed E-state index contributed by atoms with van der Waals surface area (Å²) in [6.07, 6.45) is 8.71. The maximum absolute atomic E-state index is 4.09. The molecule has 0 aromatic carbocycles. The summed E-state index contributed by atoms with van der Waals surface area (Å²) in [4.78, 5) is 4.09. The third-order valence-electron chi connectivity index (χ3n) is 2.91. The van der Waals surface area contributed by atoms with Crippen molar-refractivity contribution in [3.63, 3.8) is 0 Å². The molecule has 1 aromatic rings. The van der Waals surface area contributed by atoms with Crippen LogP contribution in [0.5, 0.6) is 0 Å². The van der Waals surface area contributed by atoms with Gasteiger partial charge in [-0.1, -0.05) is 0 Å². The largest absolute Gasteiger partial charge is 0.337 e. The number of aryl methyl sites for hydroxylation is 1. The van der Waals surface area contributed by atoms with Crippen LogP contribution in [0.4, 0.5) is 0 Å². The molecule has 0 unspecified atom stereocenters. The average molecular weight is 211 g/mol. The van der Waals surface area contributed by atoms with Crippen LogP contribution in [0.1, 0.15) is 18.5 Å². The molecular weight excluding hydrogens is 194 g/mol. The third-order valence-corrected chi connectivity index (χ3v) is 4.33. The molecule has 0 saturated heterocycles. The van der Waals surface area contributed by atoms with Gasteiger partial charge in [-0.3, -0.25) is 0 Å². The zero-order valence-electron chi connectivity index (χ0n) is 8.79. The van der Waals surface area contributed by atoms with Gasteiger partial charge in [0.1, 0.15) is 0 Å². The predicted octanol–water partition coefficient (Wildman–Crippen LogP) is 1.41. The molecule has 78 valence electrons. The Bertz CT molecular complexity index is 304. The molecule has 3 nitrogen and oxygen atoms in total. The van der Waals surface area contributed by atoms with Crippen LogP contribution in [0.25, 0.3) is 0 Å². The Labute approximate surface area is 89.3 Å². The Kier molecular flexibility index (Phi) is 2.83. The molecule has 0 spiro atoms. The van der Waals surface area contributed by atoms with Crippen LogP contribution in [-0.2, 0) is 13.6 Å². The fourth-order valence-corrected chi connectivity index (χ4v) is 2.32. The summed E-state index contributed by atoms with van der Waals surface area (Å²) in [6.45, 7) is 2.05. The molecule has 1 fully saturated rings. The van der Waals surface area contributed by atoms with Crippen molar-refractivity contribution < 1.29 is 0 Å². The molecule has 0 aliphatic heterocycles. The van der Waals surface area contributed by atoms with Gasteiger partial charge in [-0.25, -0.2) is 4.98 Å². The monoisotopic (exact) mass is 211 g/mol. The van der Waals surface area contributed by atoms with E-state index in [9.17, 15) is 0 Å². The first kappa shape index (κ1) is 10.1. The molecule has 1 N–H and O–H groups in total. The predicted molar refractivity (Wildman–Crippen MR) is 60.4 cm³/mol. The molecule has 1 saturated carbocycles. The van der Waals surface area contributed by atoms with Gasteiger partial charge in [0.15, 0.2) is 0 Å². The van der Waals surface area contributed by atoms with Crippen molar-refractivity contribution in [3.05, 3.63) is 18.2 Å². The van der Waals surface area contributed by atoms with Gasteiger partial charge in [-0.2, -0.15) is 11.8 Å². The second kappa shape index (κ2) is 3.95. The first-order valence-corrected chi connectivity index (χ1v) is 6.19. The summed E-state index contributed by atoms with van der Waals surface area (Å²) in [5, 5.41) is 3.50. The van der Waals surface area contributed by atoms with Crippen LogP contribution in [0.2, 0.25) is 0 Å². The second-order valence-electron chi connectivity index (χ2n) is 3.99. The standard InChI is InChI=1S/C10H17N3S/c1-13-8-12-6-9(13)5-11-7-10(14-2)3-4-10/h6,8,11H,3-5,7H2,1-2H3. The molecule has 0 atom stereocenters. The first-order chi connectivity index (χ1) is 6.76. The lowest BCUT2D eigenvalue weighted by atomic mass is 10.4. The van der Waals surface area contributed by atoms with E-state index < -0.39 is 0 Å². The van der Waals surface area contributed by atoms with E-state index in [1.54, 1.807) is 0 Å². The summed E-state index contributed by atoms with van der Waals surface area (Å²) in [5.74, 6) is 0. The van der Waals surface area contributed by atoms with Crippen molar-refractivity contribution in [1.82, 2.24) is 14.9 Å². The molecule has 14 heavy (non-hydrogen) atoms. The van der Waals surface area contributed by atoms with E-state index in [1.807, 2.05) is 31.3 Å². The van der Waals surface area contributed by atoms with Gasteiger partial charge in [0.25, 0.3) is 0 Å². The summed E-state index contributed by atoms with van der Waals surface area (Å²) >= 11 is 1.99. The Morgan fingerprint density at radius 1 is 1.64 bits per heavy atom. The van der Waals surface area contributed by atoms with E-state index in [0.717, 1.165) is 13.1 Å². The summed E-state index contributed by atoms with van der Waals surface area (Å²) in [7, 11) is 2.03. The van der Waals surface area contributed by atoms with Gasteiger partial charge in [0.05, 0.1) is 12.0 Å². The summed E-state index contributed by atoms with van der Waals surface area (Å²) in [5.41, 5.74) is 1.25. The molecule has 0 bridgehead atoms. The van der Waals surface area contributed by atoms with Crippen molar-refractivity contribution in [3.8, 4) is 0 Å². The minimum Gasteiger partial charge on any atom is -0.337 e. The fourth-order valence-electron chi connectivity index (χ4n) is 1.57. The number of hydrogen-bond acceptors (Lipinski definition) is 3. The lowest BCUT2D eigenvalue weighted by molar-refractivity contribution is 0.635. The van der Waals surface area contributed by atoms with E-state index in [4.69, 9.17) is 0 Å². The SMILES string of the molecule is CSC1(CNCc2cncn2C)CC1. The number of nitrogens with one attached hydrogen (secondary N) is 1. The minimum absolute atomic E-state index is 0.554. The minimum atomic E-state index is 0.554. The van der Waals surface area contributed by atoms with Crippen molar-refractivity contribution in [2.75, 3.05) is 12.8 Å². The number of imidazole rings is 1. The van der Waals surface area contributed by atoms with E-state index >= 15 is 0 Å². The molecule has 0 radical (unpaired) electrons. The molecule has 1 aromatic heterocycles. The van der Waals surface area contributed by atoms with Crippen LogP contribution in [0.3, 0.4) is 0 Å². The van der Waals surface area contributed by atoms with Gasteiger partial charge in [0.2, 0.25) is 0 Å². The zero-order valence-corrected chi connectivity index (χ0v) is 9.60. The lowest BCUT2D eigenvalue weighted by Crippen LogP contribution is -2.26. The average Bonchev–Trinajstić information content (AvgIpc) is 2.86. The number of hydrogen-bond donors (Lipinski definition) is 1. The smallest absolute Gasteiger partial charge is 0.0945 e. The van der Waals surface area contributed by atoms with Crippen molar-refractivity contribution in [2.24, 2.45) is 7.05 Å². The normalized spacial score (nSPS) is 18.4. The van der Waals surface area contributed by atoms with Crippen molar-refractivity contribution >= 4 is 11.8 Å². The molecule has 1 heterocycles. The molecule has 1 aliphatic rings. The lowest BCUT2D eigenvalue weighted by Gasteiger charge is -2.12. The third kappa shape index (κ3) is 2.12. The molecule has 1 aliphatic carbocycles. The van der Waals surface area contributed by atoms with Gasteiger partial charge >= 0.3 is 0 Å². The Morgan fingerprint density at radius 2 is 2.43 bits per heavy atom. The molecule has 2 rings (SSSR count). The Morgan fingerprint density at radius 3 is 2.93 bits per heavy atom. The van der Waals surface area contributed by atoms with Gasteiger partial charge < -0.3 is 9.88 Å². The second-order valence-corrected chi connectivity index (χ2v) is 5.26. The van der Waals surface area contributed by atoms with Crippen LogP contribution >= 0.6 is 11.8 Å². The number of aromatic nitrogens is 2. The number of thioether (sulfide) groups is 1. The van der Waals surface area contributed by atoms with E-state index in [1.165, 1.54) is 18.5 Å². The van der Waals surface area contributed by atoms with Crippen LogP contribution in [0.15, 0.2) is 12.5 Å². The number of rotatable bonds is 5. The van der Waals surface area contributed by atoms with E-state index in [2.05, 4.69) is 21.1 Å². The molecule has 0 amide bonds. The van der Waals surface area contributed by atoms with Crippen LogP contribution < -0.4 is 5.32 Å². The maximum atomic E-state index is 4.09. The van der Waals surface area contributed by atoms with Crippen molar-refractivity contribution in [1.29, 1.82) is 0 Å². The van der Waals surface area contributed by atoms with E-state index in [0.29, 0.717) is 4.75 Å². The quantitative estimate of drug-likeness (QED) is 0.798. The van der Waals surface area contributed by atoms with Crippen molar-refractivity contribution in [2.45, 2.75) is 24.1 Å². The van der Waals surface area contributed by atoms with Crippen LogP contribution in [-0.4, -0.2) is 27.1 Å². The van der Waals surface area contributed by atoms with E-state index in [-0.39, 0.29) is 0 Å². The van der Waals surface area contributed by atoms with Crippen LogP contribution in [0, 0.1) is 0 Å². The summed E-state index contributed by atoms with van der Waals surface area (Å²) in [6, 6.07) is 0. The summed E-state index contributed by atoms with van der Waals surface area (Å²) < 4.78 is 2.62. The highest BCUT2D eigenvalue weighted by Crippen LogP contribution is 2.46. The maximum Gasteiger partial charge on any atom is 0.0945 e. The van der Waals surface area contributed by atoms with Gasteiger partial charge in [0, 0.05) is 31.1 Å².